The third kappa shape index (κ3) is 12.4. The molecule has 1 fully saturated rings. The SMILES string of the molecule is CN1CCN(C)P1(=[OH+])[N-]c1ccccc1.[CH2-]c1ccccc1.[CH2-]c1ccccc1.[CH2-]c1ccccc1.[Hf]. The number of hydrogen-bond donors (Lipinski definition) is 0. The summed E-state index contributed by atoms with van der Waals surface area (Å²) in [7, 11) is 1.41. The van der Waals surface area contributed by atoms with Crippen molar-refractivity contribution >= 4 is 13.3 Å². The molecule has 1 saturated heterocycles. The van der Waals surface area contributed by atoms with Crippen LogP contribution in [0.5, 0.6) is 0 Å². The van der Waals surface area contributed by atoms with E-state index < -0.39 is 7.59 Å². The van der Waals surface area contributed by atoms with Crippen LogP contribution in [0.15, 0.2) is 121 Å². The van der Waals surface area contributed by atoms with Crippen LogP contribution < -0.4 is 0 Å². The van der Waals surface area contributed by atoms with Crippen LogP contribution >= 0.6 is 7.59 Å². The van der Waals surface area contributed by atoms with Crippen LogP contribution in [0.2, 0.25) is 0 Å². The zero-order valence-electron chi connectivity index (χ0n) is 21.8. The summed E-state index contributed by atoms with van der Waals surface area (Å²) in [6.07, 6.45) is 0. The van der Waals surface area contributed by atoms with Crippen LogP contribution in [0.1, 0.15) is 16.7 Å². The van der Waals surface area contributed by atoms with Gasteiger partial charge in [0, 0.05) is 38.9 Å². The van der Waals surface area contributed by atoms with Gasteiger partial charge in [0.1, 0.15) is 0 Å². The van der Waals surface area contributed by atoms with E-state index in [0.29, 0.717) is 0 Å². The molecule has 1 N–H and O–H groups in total. The normalized spacial score (nSPS) is 13.7. The Hall–Kier alpha value is -2.69. The Bertz CT molecular complexity index is 1040. The number of likely N-dealkylation sites (N-methyl/N-ethyl adjacent to an activating group) is 2. The predicted molar refractivity (Wildman–Crippen MR) is 156 cm³/mol. The van der Waals surface area contributed by atoms with E-state index in [9.17, 15) is 4.57 Å². The minimum Gasteiger partial charge on any atom is -0.557 e. The standard InChI is InChI=1S/C10H15N3OP.3C7H7.Hf/c1-12-8-9-13(2)15(12,14)11-10-6-4-3-5-7-10;3*1-7-5-3-2-4-6-7;/h3-7H,8-9H2,1-2H3;3*2-6H,1H2;/q4*-1;/p+1. The molecule has 4 aromatic rings. The summed E-state index contributed by atoms with van der Waals surface area (Å²) in [5.41, 5.74) is 4.06. The summed E-state index contributed by atoms with van der Waals surface area (Å²) >= 11 is 0. The maximum absolute atomic E-state index is 10.5. The molecule has 0 spiro atoms. The van der Waals surface area contributed by atoms with Crippen molar-refractivity contribution in [1.82, 2.24) is 9.34 Å². The van der Waals surface area contributed by atoms with Gasteiger partial charge < -0.3 is 9.65 Å². The first-order valence-electron chi connectivity index (χ1n) is 11.8. The molecule has 4 aromatic carbocycles. The van der Waals surface area contributed by atoms with Crippen molar-refractivity contribution in [1.29, 1.82) is 0 Å². The fourth-order valence-electron chi connectivity index (χ4n) is 3.05. The van der Waals surface area contributed by atoms with E-state index in [1.807, 2.05) is 145 Å². The second-order valence-electron chi connectivity index (χ2n) is 8.19. The summed E-state index contributed by atoms with van der Waals surface area (Å²) in [6, 6.07) is 39.3. The van der Waals surface area contributed by atoms with E-state index in [1.165, 1.54) is 0 Å². The Labute approximate surface area is 243 Å². The van der Waals surface area contributed by atoms with Crippen molar-refractivity contribution in [2.24, 2.45) is 0 Å². The Morgan fingerprint density at radius 1 is 0.568 bits per heavy atom. The van der Waals surface area contributed by atoms with E-state index in [-0.39, 0.29) is 25.8 Å². The molecule has 1 aliphatic heterocycles. The second kappa shape index (κ2) is 17.7. The van der Waals surface area contributed by atoms with Gasteiger partial charge in [0.05, 0.1) is 0 Å². The van der Waals surface area contributed by atoms with Gasteiger partial charge >= 0.3 is 7.59 Å². The molecule has 37 heavy (non-hydrogen) atoms. The maximum atomic E-state index is 10.5. The minimum absolute atomic E-state index is 0. The Morgan fingerprint density at radius 2 is 0.838 bits per heavy atom. The van der Waals surface area contributed by atoms with Crippen molar-refractivity contribution in [3.05, 3.63) is 164 Å². The first-order valence-corrected chi connectivity index (χ1v) is 13.4. The topological polar surface area (TPSA) is 42.0 Å². The molecular formula is C31H37HfN3OP-3. The molecule has 5 rings (SSSR count). The molecule has 1 heterocycles. The van der Waals surface area contributed by atoms with Crippen molar-refractivity contribution < 1.29 is 30.4 Å². The molecule has 0 amide bonds. The molecule has 0 aliphatic carbocycles. The van der Waals surface area contributed by atoms with Crippen LogP contribution in [0, 0.1) is 20.8 Å². The Kier molecular flexibility index (Phi) is 15.5. The van der Waals surface area contributed by atoms with Crippen molar-refractivity contribution in [2.75, 3.05) is 27.2 Å². The number of benzene rings is 4. The first kappa shape index (κ1) is 32.3. The van der Waals surface area contributed by atoms with Gasteiger partial charge in [-0.3, -0.25) is 0 Å². The fraction of sp³-hybridized carbons (Fsp3) is 0.129. The maximum Gasteiger partial charge on any atom is 0.315 e. The monoisotopic (exact) mass is 678 g/mol. The van der Waals surface area contributed by atoms with E-state index >= 15 is 0 Å². The molecule has 0 unspecified atom stereocenters. The van der Waals surface area contributed by atoms with Crippen LogP contribution in [0.3, 0.4) is 0 Å². The van der Waals surface area contributed by atoms with Gasteiger partial charge in [0.2, 0.25) is 0 Å². The van der Waals surface area contributed by atoms with E-state index in [1.54, 1.807) is 0 Å². The van der Waals surface area contributed by atoms with Crippen LogP contribution in [-0.4, -0.2) is 41.1 Å². The summed E-state index contributed by atoms with van der Waals surface area (Å²) in [5, 5.41) is 4.47. The summed E-state index contributed by atoms with van der Waals surface area (Å²) < 4.78 is 14.4. The van der Waals surface area contributed by atoms with Crippen molar-refractivity contribution in [2.45, 2.75) is 0 Å². The Morgan fingerprint density at radius 3 is 1.08 bits per heavy atom. The summed E-state index contributed by atoms with van der Waals surface area (Å²) in [4.78, 5) is 0. The van der Waals surface area contributed by atoms with Gasteiger partial charge in [-0.2, -0.15) is 73.9 Å². The minimum atomic E-state index is -2.43. The van der Waals surface area contributed by atoms with Crippen molar-refractivity contribution in [3.8, 4) is 0 Å². The Balaban J connectivity index is 0.000000264. The van der Waals surface area contributed by atoms with Gasteiger partial charge in [-0.15, -0.1) is 42.1 Å². The van der Waals surface area contributed by atoms with Gasteiger partial charge in [0.15, 0.2) is 0 Å². The molecule has 0 atom stereocenters. The molecule has 6 heteroatoms. The van der Waals surface area contributed by atoms with Crippen LogP contribution in [0.4, 0.5) is 5.69 Å². The second-order valence-corrected chi connectivity index (χ2v) is 10.8. The van der Waals surface area contributed by atoms with Crippen LogP contribution in [-0.2, 0) is 25.8 Å². The molecule has 0 bridgehead atoms. The summed E-state index contributed by atoms with van der Waals surface area (Å²) in [6.45, 7) is 12.9. The average Bonchev–Trinajstić information content (AvgIpc) is 3.14. The summed E-state index contributed by atoms with van der Waals surface area (Å²) in [5.74, 6) is 0. The van der Waals surface area contributed by atoms with Crippen LogP contribution in [0.25, 0.3) is 5.09 Å². The molecule has 4 nitrogen and oxygen atoms in total. The molecule has 1 aliphatic rings. The average molecular weight is 677 g/mol. The number of rotatable bonds is 2. The van der Waals surface area contributed by atoms with Gasteiger partial charge in [-0.1, -0.05) is 48.5 Å². The largest absolute Gasteiger partial charge is 0.557 e. The first-order chi connectivity index (χ1) is 17.3. The third-order valence-electron chi connectivity index (χ3n) is 5.20. The predicted octanol–water partition coefficient (Wildman–Crippen LogP) is 8.22. The van der Waals surface area contributed by atoms with E-state index in [2.05, 4.69) is 25.9 Å². The number of nitrogens with zero attached hydrogens (tertiary/aromatic N) is 3. The molecule has 0 radical (unpaired) electrons. The smallest absolute Gasteiger partial charge is 0.315 e. The molecule has 0 aromatic heterocycles. The fourth-order valence-corrected chi connectivity index (χ4v) is 5.04. The molecule has 0 saturated carbocycles. The van der Waals surface area contributed by atoms with Gasteiger partial charge in [0.25, 0.3) is 0 Å². The van der Waals surface area contributed by atoms with Gasteiger partial charge in [-0.05, 0) is 14.1 Å². The van der Waals surface area contributed by atoms with E-state index in [0.717, 1.165) is 35.5 Å². The zero-order valence-corrected chi connectivity index (χ0v) is 26.3. The van der Waals surface area contributed by atoms with Gasteiger partial charge in [-0.25, -0.2) is 9.34 Å². The van der Waals surface area contributed by atoms with E-state index in [4.69, 9.17) is 0 Å². The zero-order chi connectivity index (χ0) is 26.2. The third-order valence-corrected chi connectivity index (χ3v) is 7.93. The molecular weight excluding hydrogens is 640 g/mol. The van der Waals surface area contributed by atoms with Crippen molar-refractivity contribution in [3.63, 3.8) is 0 Å². The molecule has 194 valence electrons. The number of hydrogen-bond acceptors (Lipinski definition) is 0. The quantitative estimate of drug-likeness (QED) is 0.0930.